The van der Waals surface area contributed by atoms with Crippen LogP contribution in [0.5, 0.6) is 0 Å². The Balaban J connectivity index is 2.59. The molecule has 10 nitrogen and oxygen atoms in total. The first kappa shape index (κ1) is 49.4. The van der Waals surface area contributed by atoms with Gasteiger partial charge >= 0.3 is 0 Å². The zero-order chi connectivity index (χ0) is 39.1. The number of aliphatic hydroxyl groups excluding tert-OH is 6. The predicted octanol–water partition coefficient (Wildman–Crippen LogP) is 7.08. The molecule has 1 aliphatic heterocycles. The van der Waals surface area contributed by atoms with Crippen LogP contribution in [0.15, 0.2) is 36.0 Å². The van der Waals surface area contributed by atoms with E-state index in [0.717, 1.165) is 32.1 Å². The minimum absolute atomic E-state index is 0.341. The molecule has 1 heterocycles. The van der Waals surface area contributed by atoms with E-state index in [1.54, 1.807) is 12.2 Å². The van der Waals surface area contributed by atoms with Gasteiger partial charge in [0, 0.05) is 0 Å². The van der Waals surface area contributed by atoms with Crippen molar-refractivity contribution in [2.75, 3.05) is 13.2 Å². The lowest BCUT2D eigenvalue weighted by Gasteiger charge is -2.40. The van der Waals surface area contributed by atoms with Crippen molar-refractivity contribution >= 4 is 5.91 Å². The molecule has 310 valence electrons. The Hall–Kier alpha value is -1.63. The van der Waals surface area contributed by atoms with Crippen LogP contribution in [-0.2, 0) is 14.3 Å². The summed E-state index contributed by atoms with van der Waals surface area (Å²) in [6, 6.07) is -1.03. The first-order chi connectivity index (χ1) is 25.7. The summed E-state index contributed by atoms with van der Waals surface area (Å²) in [6.07, 6.45) is 26.3. The smallest absolute Gasteiger partial charge is 0.253 e. The van der Waals surface area contributed by atoms with Crippen molar-refractivity contribution in [1.82, 2.24) is 5.32 Å². The summed E-state index contributed by atoms with van der Waals surface area (Å²) in [5.41, 5.74) is 1.35. The van der Waals surface area contributed by atoms with Crippen molar-refractivity contribution < 1.29 is 44.9 Å². The average molecular weight is 754 g/mol. The number of nitrogens with one attached hydrogen (secondary N) is 1. The highest BCUT2D eigenvalue weighted by atomic mass is 16.7. The van der Waals surface area contributed by atoms with E-state index in [-0.39, 0.29) is 6.61 Å². The van der Waals surface area contributed by atoms with Crippen LogP contribution in [0, 0.1) is 0 Å². The van der Waals surface area contributed by atoms with Crippen LogP contribution in [-0.4, -0.2) is 98.7 Å². The van der Waals surface area contributed by atoms with Gasteiger partial charge in [-0.25, -0.2) is 0 Å². The zero-order valence-electron chi connectivity index (χ0n) is 33.6. The highest BCUT2D eigenvalue weighted by Gasteiger charge is 2.44. The average Bonchev–Trinajstić information content (AvgIpc) is 3.15. The molecule has 1 aliphatic rings. The van der Waals surface area contributed by atoms with Gasteiger partial charge in [0.2, 0.25) is 0 Å². The molecule has 0 aromatic carbocycles. The van der Waals surface area contributed by atoms with Crippen LogP contribution in [0.4, 0.5) is 0 Å². The second-order valence-electron chi connectivity index (χ2n) is 15.1. The number of aliphatic hydroxyl groups is 6. The van der Waals surface area contributed by atoms with Gasteiger partial charge in [-0.1, -0.05) is 159 Å². The molecular formula is C43H79NO9. The van der Waals surface area contributed by atoms with Crippen LogP contribution in [0.25, 0.3) is 0 Å². The minimum atomic E-state index is -1.62. The maximum absolute atomic E-state index is 13.0. The van der Waals surface area contributed by atoms with Crippen molar-refractivity contribution in [3.05, 3.63) is 36.0 Å². The van der Waals surface area contributed by atoms with E-state index in [1.807, 2.05) is 6.08 Å². The lowest BCUT2D eigenvalue weighted by atomic mass is 9.99. The van der Waals surface area contributed by atoms with E-state index in [0.29, 0.717) is 6.42 Å². The fraction of sp³-hybridized carbons (Fsp3) is 0.837. The fourth-order valence-electron chi connectivity index (χ4n) is 6.57. The molecule has 0 unspecified atom stereocenters. The van der Waals surface area contributed by atoms with Gasteiger partial charge in [-0.05, 0) is 45.4 Å². The lowest BCUT2D eigenvalue weighted by Crippen LogP contribution is -2.60. The van der Waals surface area contributed by atoms with E-state index in [2.05, 4.69) is 32.2 Å². The number of hydrogen-bond donors (Lipinski definition) is 7. The molecule has 8 atom stereocenters. The summed E-state index contributed by atoms with van der Waals surface area (Å²) < 4.78 is 11.1. The molecule has 0 aliphatic carbocycles. The molecule has 0 spiro atoms. The zero-order valence-corrected chi connectivity index (χ0v) is 33.6. The van der Waals surface area contributed by atoms with Crippen molar-refractivity contribution in [1.29, 1.82) is 0 Å². The number of unbranched alkanes of at least 4 members (excludes halogenated alkanes) is 19. The molecule has 0 aromatic heterocycles. The summed E-state index contributed by atoms with van der Waals surface area (Å²) in [6.45, 7) is 5.67. The molecule has 0 bridgehead atoms. The molecule has 7 N–H and O–H groups in total. The monoisotopic (exact) mass is 754 g/mol. The quantitative estimate of drug-likeness (QED) is 0.0274. The van der Waals surface area contributed by atoms with Crippen LogP contribution in [0.3, 0.4) is 0 Å². The Morgan fingerprint density at radius 2 is 1.23 bits per heavy atom. The van der Waals surface area contributed by atoms with Crippen molar-refractivity contribution in [2.24, 2.45) is 0 Å². The van der Waals surface area contributed by atoms with Gasteiger partial charge in [0.25, 0.3) is 5.91 Å². The van der Waals surface area contributed by atoms with Crippen LogP contribution in [0.1, 0.15) is 168 Å². The van der Waals surface area contributed by atoms with Crippen LogP contribution in [0.2, 0.25) is 0 Å². The third-order valence-electron chi connectivity index (χ3n) is 10.2. The van der Waals surface area contributed by atoms with E-state index < -0.39 is 61.5 Å². The summed E-state index contributed by atoms with van der Waals surface area (Å²) in [5, 5.41) is 64.4. The predicted molar refractivity (Wildman–Crippen MR) is 213 cm³/mol. The van der Waals surface area contributed by atoms with Crippen molar-refractivity contribution in [2.45, 2.75) is 217 Å². The Kier molecular flexibility index (Phi) is 30.4. The maximum Gasteiger partial charge on any atom is 0.253 e. The molecule has 1 amide bonds. The molecule has 1 fully saturated rings. The van der Waals surface area contributed by atoms with E-state index in [1.165, 1.54) is 121 Å². The second-order valence-corrected chi connectivity index (χ2v) is 15.1. The second kappa shape index (κ2) is 32.6. The number of carbonyl (C=O) groups is 1. The third-order valence-corrected chi connectivity index (χ3v) is 10.2. The minimum Gasteiger partial charge on any atom is -0.394 e. The first-order valence-electron chi connectivity index (χ1n) is 21.2. The molecule has 1 saturated heterocycles. The molecular weight excluding hydrogens is 674 g/mol. The Bertz CT molecular complexity index is 971. The van der Waals surface area contributed by atoms with Crippen LogP contribution < -0.4 is 5.32 Å². The molecule has 1 rings (SSSR count). The number of hydrogen-bond acceptors (Lipinski definition) is 9. The summed E-state index contributed by atoms with van der Waals surface area (Å²) in [7, 11) is 0. The van der Waals surface area contributed by atoms with Gasteiger partial charge in [0.05, 0.1) is 25.4 Å². The van der Waals surface area contributed by atoms with E-state index in [9.17, 15) is 35.4 Å². The number of amides is 1. The largest absolute Gasteiger partial charge is 0.394 e. The first-order valence-corrected chi connectivity index (χ1v) is 21.2. The number of rotatable bonds is 33. The Morgan fingerprint density at radius 1 is 0.698 bits per heavy atom. The van der Waals surface area contributed by atoms with Gasteiger partial charge < -0.3 is 45.4 Å². The van der Waals surface area contributed by atoms with Crippen LogP contribution >= 0.6 is 0 Å². The van der Waals surface area contributed by atoms with E-state index >= 15 is 0 Å². The van der Waals surface area contributed by atoms with Gasteiger partial charge in [0.15, 0.2) is 12.4 Å². The highest BCUT2D eigenvalue weighted by molar-refractivity contribution is 5.82. The number of ether oxygens (including phenoxy) is 2. The summed E-state index contributed by atoms with van der Waals surface area (Å²) >= 11 is 0. The fourth-order valence-corrected chi connectivity index (χ4v) is 6.57. The van der Waals surface area contributed by atoms with E-state index in [4.69, 9.17) is 9.47 Å². The van der Waals surface area contributed by atoms with Crippen molar-refractivity contribution in [3.8, 4) is 0 Å². The van der Waals surface area contributed by atoms with Crippen molar-refractivity contribution in [3.63, 3.8) is 0 Å². The molecule has 0 saturated carbocycles. The standard InChI is InChI=1S/C43H79NO9/c1-4-6-8-10-12-13-14-15-16-17-18-20-22-26-31-37(47)42(51)44-35(33-52-43-41(50)40(49)39(48)38(32-45)53-43)36(46)30-27-23-25-29-34(3)28-24-21-19-11-9-7-5-2/h26-27,29-31,35-41,43,45-50H,4-25,28,32-33H2,1-3H3,(H,44,51)/b30-27-,31-26-,34-29-/t35-,36-,37+,38+,39+,40-,41+,43-/m1/s1. The van der Waals surface area contributed by atoms with Gasteiger partial charge in [0.1, 0.15) is 24.4 Å². The van der Waals surface area contributed by atoms with Gasteiger partial charge in [-0.15, -0.1) is 0 Å². The molecule has 0 aromatic rings. The third kappa shape index (κ3) is 23.8. The Morgan fingerprint density at radius 3 is 1.79 bits per heavy atom. The maximum atomic E-state index is 13.0. The molecule has 10 heteroatoms. The number of carbonyl (C=O) groups excluding carboxylic acids is 1. The van der Waals surface area contributed by atoms with Gasteiger partial charge in [-0.3, -0.25) is 4.79 Å². The molecule has 0 radical (unpaired) electrons. The molecule has 53 heavy (non-hydrogen) atoms. The SMILES string of the molecule is CCCCCCCCCCCCCC/C=C\[C@H](O)C(=O)N[C@H](CO[C@@H]1O[C@@H](CO)[C@H](O)[C@@H](O)[C@@H]1O)[C@H](O)/C=C\CC/C=C(/C)CCCCCCCCC. The lowest BCUT2D eigenvalue weighted by molar-refractivity contribution is -0.302. The highest BCUT2D eigenvalue weighted by Crippen LogP contribution is 2.22. The number of allylic oxidation sites excluding steroid dienone is 4. The summed E-state index contributed by atoms with van der Waals surface area (Å²) in [4.78, 5) is 13.0. The topological polar surface area (TPSA) is 169 Å². The normalized spacial score (nSPS) is 22.8. The van der Waals surface area contributed by atoms with Gasteiger partial charge in [-0.2, -0.15) is 0 Å². The Labute approximate surface area is 322 Å². The summed E-state index contributed by atoms with van der Waals surface area (Å²) in [5.74, 6) is -0.713.